The van der Waals surface area contributed by atoms with Crippen molar-refractivity contribution in [3.8, 4) is 21.8 Å². The monoisotopic (exact) mass is 438 g/mol. The summed E-state index contributed by atoms with van der Waals surface area (Å²) >= 11 is 1.63. The highest BCUT2D eigenvalue weighted by atomic mass is 32.1. The lowest BCUT2D eigenvalue weighted by Crippen LogP contribution is -2.10. The van der Waals surface area contributed by atoms with E-state index in [-0.39, 0.29) is 11.3 Å². The molecule has 4 aromatic rings. The van der Waals surface area contributed by atoms with E-state index in [9.17, 15) is 4.79 Å². The molecule has 0 fully saturated rings. The molecule has 1 aromatic heterocycles. The summed E-state index contributed by atoms with van der Waals surface area (Å²) in [5.74, 6) is -0.155. The fourth-order valence-corrected chi connectivity index (χ4v) is 4.13. The minimum absolute atomic E-state index is 0.118. The Labute approximate surface area is 193 Å². The van der Waals surface area contributed by atoms with Crippen LogP contribution in [0.5, 0.6) is 0 Å². The smallest absolute Gasteiger partial charge is 0.248 e. The van der Waals surface area contributed by atoms with E-state index in [1.165, 1.54) is 5.56 Å². The van der Waals surface area contributed by atoms with E-state index in [0.717, 1.165) is 33.1 Å². The molecule has 0 saturated heterocycles. The van der Waals surface area contributed by atoms with E-state index in [4.69, 9.17) is 4.98 Å². The number of anilines is 1. The quantitative estimate of drug-likeness (QED) is 0.329. The zero-order valence-electron chi connectivity index (χ0n) is 18.5. The summed E-state index contributed by atoms with van der Waals surface area (Å²) in [5.41, 5.74) is 6.23. The van der Waals surface area contributed by atoms with Crippen molar-refractivity contribution >= 4 is 29.0 Å². The predicted molar refractivity (Wildman–Crippen MR) is 136 cm³/mol. The van der Waals surface area contributed by atoms with Crippen LogP contribution >= 0.6 is 11.3 Å². The molecular weight excluding hydrogens is 412 g/mol. The Hall–Kier alpha value is -3.50. The molecule has 4 rings (SSSR count). The van der Waals surface area contributed by atoms with Gasteiger partial charge in [0.05, 0.1) is 5.69 Å². The molecule has 1 heterocycles. The lowest BCUT2D eigenvalue weighted by Gasteiger charge is -2.18. The van der Waals surface area contributed by atoms with Gasteiger partial charge in [0.1, 0.15) is 5.01 Å². The molecule has 0 spiro atoms. The lowest BCUT2D eigenvalue weighted by molar-refractivity contribution is -0.111. The van der Waals surface area contributed by atoms with Crippen LogP contribution in [0.4, 0.5) is 5.69 Å². The average molecular weight is 439 g/mol. The number of benzene rings is 3. The highest BCUT2D eigenvalue weighted by molar-refractivity contribution is 7.13. The van der Waals surface area contributed by atoms with Gasteiger partial charge in [-0.25, -0.2) is 4.98 Å². The van der Waals surface area contributed by atoms with Crippen LogP contribution in [0.15, 0.2) is 90.3 Å². The van der Waals surface area contributed by atoms with Gasteiger partial charge in [-0.05, 0) is 34.8 Å². The molecule has 32 heavy (non-hydrogen) atoms. The van der Waals surface area contributed by atoms with Crippen LogP contribution in [-0.2, 0) is 10.2 Å². The van der Waals surface area contributed by atoms with Crippen molar-refractivity contribution in [1.82, 2.24) is 4.98 Å². The minimum Gasteiger partial charge on any atom is -0.323 e. The third-order valence-corrected chi connectivity index (χ3v) is 6.07. The molecule has 0 atom stereocenters. The Kier molecular flexibility index (Phi) is 6.33. The summed E-state index contributed by atoms with van der Waals surface area (Å²) in [6.45, 7) is 6.56. The SMILES string of the molecule is CC(C)(C)c1ccc(/C=C/C(=O)Nc2ccc(-c3csc(-c4ccccc4)n3)cc2)cc1. The fraction of sp³-hybridized carbons (Fsp3) is 0.143. The van der Waals surface area contributed by atoms with Crippen molar-refractivity contribution in [3.63, 3.8) is 0 Å². The second kappa shape index (κ2) is 9.33. The van der Waals surface area contributed by atoms with Crippen LogP contribution in [-0.4, -0.2) is 10.9 Å². The zero-order chi connectivity index (χ0) is 22.6. The Morgan fingerprint density at radius 1 is 0.875 bits per heavy atom. The minimum atomic E-state index is -0.155. The van der Waals surface area contributed by atoms with Crippen molar-refractivity contribution in [1.29, 1.82) is 0 Å². The highest BCUT2D eigenvalue weighted by Crippen LogP contribution is 2.29. The second-order valence-corrected chi connectivity index (χ2v) is 9.53. The van der Waals surface area contributed by atoms with Gasteiger partial charge >= 0.3 is 0 Å². The molecule has 3 nitrogen and oxygen atoms in total. The van der Waals surface area contributed by atoms with Gasteiger partial charge in [-0.2, -0.15) is 0 Å². The third kappa shape index (κ3) is 5.40. The van der Waals surface area contributed by atoms with Gasteiger partial charge in [-0.15, -0.1) is 11.3 Å². The number of carbonyl (C=O) groups is 1. The number of nitrogens with one attached hydrogen (secondary N) is 1. The summed E-state index contributed by atoms with van der Waals surface area (Å²) < 4.78 is 0. The molecule has 160 valence electrons. The van der Waals surface area contributed by atoms with E-state index in [1.54, 1.807) is 17.4 Å². The van der Waals surface area contributed by atoms with Crippen molar-refractivity contribution in [2.75, 3.05) is 5.32 Å². The summed E-state index contributed by atoms with van der Waals surface area (Å²) in [7, 11) is 0. The second-order valence-electron chi connectivity index (χ2n) is 8.68. The Morgan fingerprint density at radius 3 is 2.22 bits per heavy atom. The molecule has 0 aliphatic carbocycles. The number of thiazole rings is 1. The maximum absolute atomic E-state index is 12.3. The van der Waals surface area contributed by atoms with Crippen LogP contribution < -0.4 is 5.32 Å². The molecule has 0 bridgehead atoms. The molecule has 0 unspecified atom stereocenters. The van der Waals surface area contributed by atoms with Crippen LogP contribution in [0.25, 0.3) is 27.9 Å². The molecule has 4 heteroatoms. The van der Waals surface area contributed by atoms with Gasteiger partial charge in [0.2, 0.25) is 5.91 Å². The Morgan fingerprint density at radius 2 is 1.56 bits per heavy atom. The molecule has 0 radical (unpaired) electrons. The van der Waals surface area contributed by atoms with Gasteiger partial charge in [0, 0.05) is 28.3 Å². The number of carbonyl (C=O) groups excluding carboxylic acids is 1. The van der Waals surface area contributed by atoms with Crippen molar-refractivity contribution in [2.45, 2.75) is 26.2 Å². The molecule has 0 aliphatic heterocycles. The number of hydrogen-bond donors (Lipinski definition) is 1. The van der Waals surface area contributed by atoms with Gasteiger partial charge in [-0.1, -0.05) is 87.5 Å². The normalized spacial score (nSPS) is 11.6. The molecule has 1 amide bonds. The molecular formula is C28H26N2OS. The van der Waals surface area contributed by atoms with Crippen molar-refractivity contribution in [3.05, 3.63) is 101 Å². The number of nitrogens with zero attached hydrogens (tertiary/aromatic N) is 1. The maximum atomic E-state index is 12.3. The summed E-state index contributed by atoms with van der Waals surface area (Å²) in [5, 5.41) is 5.97. The largest absolute Gasteiger partial charge is 0.323 e. The van der Waals surface area contributed by atoms with Crippen LogP contribution in [0.3, 0.4) is 0 Å². The van der Waals surface area contributed by atoms with E-state index >= 15 is 0 Å². The molecule has 1 N–H and O–H groups in total. The number of amides is 1. The zero-order valence-corrected chi connectivity index (χ0v) is 19.3. The maximum Gasteiger partial charge on any atom is 0.248 e. The van der Waals surface area contributed by atoms with E-state index in [1.807, 2.05) is 60.7 Å². The van der Waals surface area contributed by atoms with Crippen LogP contribution in [0.2, 0.25) is 0 Å². The van der Waals surface area contributed by atoms with E-state index in [2.05, 4.69) is 55.7 Å². The van der Waals surface area contributed by atoms with Gasteiger partial charge in [0.25, 0.3) is 0 Å². The first-order valence-electron chi connectivity index (χ1n) is 10.6. The fourth-order valence-electron chi connectivity index (χ4n) is 3.29. The number of hydrogen-bond acceptors (Lipinski definition) is 3. The first-order valence-corrected chi connectivity index (χ1v) is 11.5. The van der Waals surface area contributed by atoms with Crippen molar-refractivity contribution in [2.24, 2.45) is 0 Å². The topological polar surface area (TPSA) is 42.0 Å². The summed E-state index contributed by atoms with van der Waals surface area (Å²) in [6.07, 6.45) is 3.39. The first kappa shape index (κ1) is 21.7. The first-order chi connectivity index (χ1) is 15.4. The summed E-state index contributed by atoms with van der Waals surface area (Å²) in [4.78, 5) is 17.1. The average Bonchev–Trinajstić information content (AvgIpc) is 3.29. The van der Waals surface area contributed by atoms with Gasteiger partial charge in [-0.3, -0.25) is 4.79 Å². The molecule has 0 saturated carbocycles. The number of aromatic nitrogens is 1. The Balaban J connectivity index is 1.38. The van der Waals surface area contributed by atoms with E-state index in [0.29, 0.717) is 0 Å². The van der Waals surface area contributed by atoms with E-state index < -0.39 is 0 Å². The van der Waals surface area contributed by atoms with Gasteiger partial charge in [0.15, 0.2) is 0 Å². The van der Waals surface area contributed by atoms with Crippen LogP contribution in [0.1, 0.15) is 31.9 Å². The lowest BCUT2D eigenvalue weighted by atomic mass is 9.87. The van der Waals surface area contributed by atoms with Crippen LogP contribution in [0, 0.1) is 0 Å². The Bertz CT molecular complexity index is 1220. The van der Waals surface area contributed by atoms with Gasteiger partial charge < -0.3 is 5.32 Å². The summed E-state index contributed by atoms with van der Waals surface area (Å²) in [6, 6.07) is 26.2. The highest BCUT2D eigenvalue weighted by Gasteiger charge is 2.12. The number of rotatable bonds is 5. The van der Waals surface area contributed by atoms with Crippen molar-refractivity contribution < 1.29 is 4.79 Å². The standard InChI is InChI=1S/C28H26N2OS/c1-28(2,3)23-14-9-20(10-15-23)11-18-26(31)29-24-16-12-21(13-17-24)25-19-32-27(30-25)22-7-5-4-6-8-22/h4-19H,1-3H3,(H,29,31)/b18-11+. The molecule has 0 aliphatic rings. The predicted octanol–water partition coefficient (Wildman–Crippen LogP) is 7.43. The third-order valence-electron chi connectivity index (χ3n) is 5.18. The molecule has 3 aromatic carbocycles.